The number of hydrogen-bond donors (Lipinski definition) is 0. The highest BCUT2D eigenvalue weighted by Crippen LogP contribution is 2.43. The SMILES string of the molecule is CCCCc1c(C2C(C)=CCC[C@@H]2C)c(C)nn1-c1cc(Oc2ccc3c4ccccc4n(-c4cc(CC(C)C)ccn4)c3c2)cc(C(C)(C)C)c1. The van der Waals surface area contributed by atoms with Crippen LogP contribution < -0.4 is 4.74 Å². The molecule has 1 unspecified atom stereocenters. The number of unbranched alkanes of at least 4 members (excludes halogenated alkanes) is 1. The van der Waals surface area contributed by atoms with E-state index in [0.29, 0.717) is 17.8 Å². The van der Waals surface area contributed by atoms with Gasteiger partial charge in [-0.25, -0.2) is 9.67 Å². The van der Waals surface area contributed by atoms with E-state index in [9.17, 15) is 0 Å². The molecule has 52 heavy (non-hydrogen) atoms. The topological polar surface area (TPSA) is 44.9 Å². The van der Waals surface area contributed by atoms with Gasteiger partial charge < -0.3 is 4.74 Å². The van der Waals surface area contributed by atoms with Crippen LogP contribution in [0.1, 0.15) is 115 Å². The van der Waals surface area contributed by atoms with Crippen molar-refractivity contribution in [1.82, 2.24) is 19.3 Å². The minimum Gasteiger partial charge on any atom is -0.457 e. The summed E-state index contributed by atoms with van der Waals surface area (Å²) in [6, 6.07) is 26.2. The number of hydrogen-bond acceptors (Lipinski definition) is 3. The molecule has 7 rings (SSSR count). The van der Waals surface area contributed by atoms with Crippen molar-refractivity contribution < 1.29 is 4.74 Å². The Morgan fingerprint density at radius 3 is 2.44 bits per heavy atom. The van der Waals surface area contributed by atoms with E-state index in [0.717, 1.165) is 65.4 Å². The monoisotopic (exact) mass is 692 g/mol. The first-order valence-electron chi connectivity index (χ1n) is 19.5. The maximum atomic E-state index is 6.87. The lowest BCUT2D eigenvalue weighted by Gasteiger charge is -2.30. The first-order chi connectivity index (χ1) is 24.9. The second-order valence-corrected chi connectivity index (χ2v) is 16.7. The third-order valence-corrected chi connectivity index (χ3v) is 11.0. The van der Waals surface area contributed by atoms with Crippen molar-refractivity contribution in [3.8, 4) is 23.0 Å². The molecule has 0 bridgehead atoms. The van der Waals surface area contributed by atoms with Crippen molar-refractivity contribution >= 4 is 21.8 Å². The predicted molar refractivity (Wildman–Crippen MR) is 218 cm³/mol. The Balaban J connectivity index is 1.35. The predicted octanol–water partition coefficient (Wildman–Crippen LogP) is 12.8. The maximum Gasteiger partial charge on any atom is 0.137 e. The number of benzene rings is 3. The number of para-hydroxylation sites is 1. The number of fused-ring (bicyclic) bond motifs is 3. The summed E-state index contributed by atoms with van der Waals surface area (Å²) in [6.45, 7) is 20.6. The molecule has 2 atom stereocenters. The standard InChI is InChI=1S/C47H56N4O/c1-10-11-18-42-46(45-31(4)15-14-16-32(45)5)33(6)49-51(42)36-26-35(47(7,8)9)27-38(28-36)52-37-20-21-40-39-17-12-13-19-41(39)50(43(40)29-37)44-25-34(22-23-48-44)24-30(2)3/h12-13,15,17,19-23,25-30,32,45H,10-11,14,16,18,24H2,1-9H3/t32-,45?/m0/s1. The number of pyridine rings is 1. The minimum atomic E-state index is -0.0804. The van der Waals surface area contributed by atoms with Crippen LogP contribution in [-0.4, -0.2) is 19.3 Å². The van der Waals surface area contributed by atoms with Crippen LogP contribution >= 0.6 is 0 Å². The van der Waals surface area contributed by atoms with Gasteiger partial charge in [0.05, 0.1) is 22.4 Å². The van der Waals surface area contributed by atoms with Crippen LogP contribution in [0.5, 0.6) is 11.5 Å². The zero-order valence-corrected chi connectivity index (χ0v) is 32.8. The van der Waals surface area contributed by atoms with E-state index in [1.54, 1.807) is 0 Å². The van der Waals surface area contributed by atoms with Crippen LogP contribution in [0.3, 0.4) is 0 Å². The van der Waals surface area contributed by atoms with Gasteiger partial charge in [-0.15, -0.1) is 0 Å². The number of ether oxygens (including phenoxy) is 1. The number of nitrogens with zero attached hydrogens (tertiary/aromatic N) is 4. The molecule has 0 fully saturated rings. The second kappa shape index (κ2) is 14.4. The number of allylic oxidation sites excluding steroid dienone is 2. The Morgan fingerprint density at radius 1 is 0.904 bits per heavy atom. The smallest absolute Gasteiger partial charge is 0.137 e. The molecule has 3 aromatic heterocycles. The Labute approximate surface area is 310 Å². The molecule has 5 nitrogen and oxygen atoms in total. The van der Waals surface area contributed by atoms with Crippen molar-refractivity contribution in [3.05, 3.63) is 119 Å². The van der Waals surface area contributed by atoms with Gasteiger partial charge in [0, 0.05) is 46.3 Å². The summed E-state index contributed by atoms with van der Waals surface area (Å²) < 4.78 is 11.4. The molecule has 270 valence electrons. The van der Waals surface area contributed by atoms with Gasteiger partial charge in [0.2, 0.25) is 0 Å². The summed E-state index contributed by atoms with van der Waals surface area (Å²) in [4.78, 5) is 4.88. The molecular formula is C47H56N4O. The number of aryl methyl sites for hydroxylation is 1. The van der Waals surface area contributed by atoms with E-state index in [4.69, 9.17) is 14.8 Å². The lowest BCUT2D eigenvalue weighted by molar-refractivity contribution is 0.446. The van der Waals surface area contributed by atoms with Crippen LogP contribution in [0.2, 0.25) is 0 Å². The van der Waals surface area contributed by atoms with E-state index >= 15 is 0 Å². The molecule has 1 aliphatic rings. The van der Waals surface area contributed by atoms with Gasteiger partial charge in [-0.3, -0.25) is 4.57 Å². The minimum absolute atomic E-state index is 0.0804. The van der Waals surface area contributed by atoms with Crippen LogP contribution in [0.15, 0.2) is 90.6 Å². The summed E-state index contributed by atoms with van der Waals surface area (Å²) in [5, 5.41) is 7.70. The molecule has 0 saturated heterocycles. The normalized spacial score (nSPS) is 16.6. The fourth-order valence-electron chi connectivity index (χ4n) is 8.39. The fourth-order valence-corrected chi connectivity index (χ4v) is 8.39. The van der Waals surface area contributed by atoms with Gasteiger partial charge in [-0.1, -0.05) is 84.7 Å². The van der Waals surface area contributed by atoms with Crippen molar-refractivity contribution in [2.24, 2.45) is 11.8 Å². The highest BCUT2D eigenvalue weighted by Gasteiger charge is 2.31. The fraction of sp³-hybridized carbons (Fsp3) is 0.404. The van der Waals surface area contributed by atoms with E-state index in [1.807, 2.05) is 6.20 Å². The average molecular weight is 693 g/mol. The Kier molecular flexibility index (Phi) is 9.91. The molecule has 0 radical (unpaired) electrons. The maximum absolute atomic E-state index is 6.87. The van der Waals surface area contributed by atoms with Crippen LogP contribution in [-0.2, 0) is 18.3 Å². The Morgan fingerprint density at radius 2 is 1.69 bits per heavy atom. The molecule has 1 aliphatic carbocycles. The molecule has 3 heterocycles. The molecule has 5 heteroatoms. The molecular weight excluding hydrogens is 637 g/mol. The van der Waals surface area contributed by atoms with Crippen molar-refractivity contribution in [2.45, 2.75) is 112 Å². The quantitative estimate of drug-likeness (QED) is 0.134. The van der Waals surface area contributed by atoms with Crippen molar-refractivity contribution in [2.75, 3.05) is 0 Å². The summed E-state index contributed by atoms with van der Waals surface area (Å²) in [5.74, 6) is 4.13. The zero-order chi connectivity index (χ0) is 36.7. The van der Waals surface area contributed by atoms with Gasteiger partial charge >= 0.3 is 0 Å². The summed E-state index contributed by atoms with van der Waals surface area (Å²) in [6.07, 6.45) is 11.1. The Bertz CT molecular complexity index is 2260. The molecule has 0 N–H and O–H groups in total. The van der Waals surface area contributed by atoms with Crippen molar-refractivity contribution in [1.29, 1.82) is 0 Å². The first-order valence-corrected chi connectivity index (χ1v) is 19.5. The van der Waals surface area contributed by atoms with Gasteiger partial charge in [0.25, 0.3) is 0 Å². The van der Waals surface area contributed by atoms with Gasteiger partial charge in [-0.2, -0.15) is 5.10 Å². The summed E-state index contributed by atoms with van der Waals surface area (Å²) in [7, 11) is 0. The largest absolute Gasteiger partial charge is 0.457 e. The van der Waals surface area contributed by atoms with Gasteiger partial charge in [-0.05, 0) is 117 Å². The van der Waals surface area contributed by atoms with Crippen LogP contribution in [0, 0.1) is 18.8 Å². The van der Waals surface area contributed by atoms with E-state index in [2.05, 4.69) is 150 Å². The third-order valence-electron chi connectivity index (χ3n) is 11.0. The van der Waals surface area contributed by atoms with Crippen molar-refractivity contribution in [3.63, 3.8) is 0 Å². The number of aromatic nitrogens is 4. The first kappa shape index (κ1) is 35.7. The summed E-state index contributed by atoms with van der Waals surface area (Å²) >= 11 is 0. The number of rotatable bonds is 10. The van der Waals surface area contributed by atoms with Gasteiger partial charge in [0.1, 0.15) is 17.3 Å². The molecule has 0 amide bonds. The average Bonchev–Trinajstić information content (AvgIpc) is 3.60. The summed E-state index contributed by atoms with van der Waals surface area (Å²) in [5.41, 5.74) is 11.1. The molecule has 0 saturated carbocycles. The van der Waals surface area contributed by atoms with E-state index in [-0.39, 0.29) is 5.41 Å². The van der Waals surface area contributed by atoms with E-state index in [1.165, 1.54) is 51.6 Å². The van der Waals surface area contributed by atoms with Crippen LogP contribution in [0.4, 0.5) is 0 Å². The third kappa shape index (κ3) is 6.95. The zero-order valence-electron chi connectivity index (χ0n) is 32.8. The van der Waals surface area contributed by atoms with Crippen LogP contribution in [0.25, 0.3) is 33.3 Å². The highest BCUT2D eigenvalue weighted by molar-refractivity contribution is 6.09. The molecule has 0 aliphatic heterocycles. The lowest BCUT2D eigenvalue weighted by Crippen LogP contribution is -2.17. The van der Waals surface area contributed by atoms with E-state index < -0.39 is 0 Å². The lowest BCUT2D eigenvalue weighted by atomic mass is 9.75. The Hall–Kier alpha value is -4.64. The molecule has 6 aromatic rings. The van der Waals surface area contributed by atoms with Gasteiger partial charge in [0.15, 0.2) is 0 Å². The second-order valence-electron chi connectivity index (χ2n) is 16.7. The molecule has 0 spiro atoms. The highest BCUT2D eigenvalue weighted by atomic mass is 16.5. The molecule has 3 aromatic carbocycles.